The lowest BCUT2D eigenvalue weighted by molar-refractivity contribution is -0.122. The zero-order valence-corrected chi connectivity index (χ0v) is 20.2. The predicted octanol–water partition coefficient (Wildman–Crippen LogP) is 2.65. The Morgan fingerprint density at radius 2 is 1.72 bits per heavy atom. The summed E-state index contributed by atoms with van der Waals surface area (Å²) in [5.74, 6) is 0.0759. The molecule has 0 radical (unpaired) electrons. The van der Waals surface area contributed by atoms with Gasteiger partial charge in [0.25, 0.3) is 11.5 Å². The number of carbonyl (C=O) groups is 2. The first kappa shape index (κ1) is 24.7. The van der Waals surface area contributed by atoms with Crippen LogP contribution in [0.4, 0.5) is 0 Å². The number of rotatable bonds is 9. The van der Waals surface area contributed by atoms with Crippen molar-refractivity contribution in [1.29, 1.82) is 0 Å². The van der Waals surface area contributed by atoms with Gasteiger partial charge in [0.2, 0.25) is 5.91 Å². The summed E-state index contributed by atoms with van der Waals surface area (Å²) in [5, 5.41) is 5.98. The van der Waals surface area contributed by atoms with Gasteiger partial charge in [0.05, 0.1) is 30.3 Å². The number of hydrogen-bond donors (Lipinski definition) is 2. The van der Waals surface area contributed by atoms with E-state index in [-0.39, 0.29) is 37.5 Å². The molecule has 2 amide bonds. The first-order valence-corrected chi connectivity index (χ1v) is 11.8. The van der Waals surface area contributed by atoms with Gasteiger partial charge in [0.1, 0.15) is 12.3 Å². The number of para-hydroxylation sites is 1. The van der Waals surface area contributed by atoms with Gasteiger partial charge in [-0.25, -0.2) is 4.79 Å². The molecule has 2 heterocycles. The van der Waals surface area contributed by atoms with Gasteiger partial charge in [-0.3, -0.25) is 23.5 Å². The summed E-state index contributed by atoms with van der Waals surface area (Å²) in [7, 11) is 0. The molecule has 4 aromatic rings. The molecule has 4 rings (SSSR count). The molecule has 2 aromatic heterocycles. The summed E-state index contributed by atoms with van der Waals surface area (Å²) in [5.41, 5.74) is 0.511. The van der Waals surface area contributed by atoms with Gasteiger partial charge in [0.15, 0.2) is 0 Å². The summed E-state index contributed by atoms with van der Waals surface area (Å²) in [4.78, 5) is 51.5. The Morgan fingerprint density at radius 1 is 0.972 bits per heavy atom. The summed E-state index contributed by atoms with van der Waals surface area (Å²) in [6.45, 7) is 3.92. The van der Waals surface area contributed by atoms with Crippen molar-refractivity contribution in [3.63, 3.8) is 0 Å². The third-order valence-corrected chi connectivity index (χ3v) is 6.01. The van der Waals surface area contributed by atoms with E-state index in [4.69, 9.17) is 4.42 Å². The number of nitrogens with one attached hydrogen (secondary N) is 2. The number of furan rings is 1. The lowest BCUT2D eigenvalue weighted by Crippen LogP contribution is -2.43. The second-order valence-corrected chi connectivity index (χ2v) is 8.61. The van der Waals surface area contributed by atoms with Crippen molar-refractivity contribution in [2.45, 2.75) is 45.9 Å². The van der Waals surface area contributed by atoms with Crippen LogP contribution in [-0.2, 0) is 24.4 Å². The van der Waals surface area contributed by atoms with E-state index < -0.39 is 11.2 Å². The van der Waals surface area contributed by atoms with Crippen LogP contribution in [0, 0.1) is 0 Å². The van der Waals surface area contributed by atoms with Gasteiger partial charge in [-0.1, -0.05) is 31.2 Å². The van der Waals surface area contributed by atoms with Gasteiger partial charge in [-0.15, -0.1) is 0 Å². The second-order valence-electron chi connectivity index (χ2n) is 8.61. The van der Waals surface area contributed by atoms with Crippen molar-refractivity contribution in [3.05, 3.63) is 105 Å². The molecule has 0 saturated heterocycles. The fourth-order valence-electron chi connectivity index (χ4n) is 3.86. The largest absolute Gasteiger partial charge is 0.467 e. The number of amides is 2. The van der Waals surface area contributed by atoms with E-state index in [1.165, 1.54) is 10.8 Å². The van der Waals surface area contributed by atoms with Crippen molar-refractivity contribution in [2.24, 2.45) is 0 Å². The number of benzene rings is 2. The Labute approximate surface area is 207 Å². The van der Waals surface area contributed by atoms with E-state index in [0.717, 1.165) is 11.0 Å². The van der Waals surface area contributed by atoms with E-state index in [0.29, 0.717) is 27.8 Å². The number of nitrogens with zero attached hydrogens (tertiary/aromatic N) is 2. The van der Waals surface area contributed by atoms with E-state index in [9.17, 15) is 19.2 Å². The van der Waals surface area contributed by atoms with Crippen LogP contribution in [0.25, 0.3) is 10.9 Å². The Hall–Kier alpha value is -4.40. The van der Waals surface area contributed by atoms with Crippen molar-refractivity contribution in [3.8, 4) is 0 Å². The smallest absolute Gasteiger partial charge is 0.332 e. The average molecular weight is 489 g/mol. The molecule has 0 fully saturated rings. The highest BCUT2D eigenvalue weighted by Gasteiger charge is 2.16. The van der Waals surface area contributed by atoms with Crippen LogP contribution in [0.2, 0.25) is 0 Å². The molecule has 0 aliphatic heterocycles. The number of hydrogen-bond acceptors (Lipinski definition) is 5. The molecular weight excluding hydrogens is 460 g/mol. The Bertz CT molecular complexity index is 1480. The zero-order valence-electron chi connectivity index (χ0n) is 20.2. The molecule has 2 N–H and O–H groups in total. The first-order chi connectivity index (χ1) is 17.4. The normalized spacial score (nSPS) is 11.8. The molecular formula is C27H28N4O5. The molecule has 0 aliphatic rings. The lowest BCUT2D eigenvalue weighted by atomic mass is 10.1. The Balaban J connectivity index is 1.59. The van der Waals surface area contributed by atoms with E-state index in [2.05, 4.69) is 10.6 Å². The molecule has 2 aromatic carbocycles. The summed E-state index contributed by atoms with van der Waals surface area (Å²) in [6.07, 6.45) is 2.30. The van der Waals surface area contributed by atoms with Crippen LogP contribution in [0.5, 0.6) is 0 Å². The molecule has 1 atom stereocenters. The molecule has 186 valence electrons. The van der Waals surface area contributed by atoms with Crippen LogP contribution in [0.15, 0.2) is 80.9 Å². The minimum absolute atomic E-state index is 0.00375. The van der Waals surface area contributed by atoms with Crippen LogP contribution in [0.3, 0.4) is 0 Å². The maximum atomic E-state index is 13.3. The summed E-state index contributed by atoms with van der Waals surface area (Å²) in [6, 6.07) is 16.9. The van der Waals surface area contributed by atoms with Gasteiger partial charge >= 0.3 is 5.69 Å². The fraction of sp³-hybridized carbons (Fsp3) is 0.259. The maximum absolute atomic E-state index is 13.3. The lowest BCUT2D eigenvalue weighted by Gasteiger charge is -2.16. The molecule has 0 saturated carbocycles. The van der Waals surface area contributed by atoms with Crippen molar-refractivity contribution < 1.29 is 14.0 Å². The van der Waals surface area contributed by atoms with E-state index >= 15 is 0 Å². The van der Waals surface area contributed by atoms with Crippen LogP contribution in [-0.4, -0.2) is 27.0 Å². The Kier molecular flexibility index (Phi) is 7.48. The summed E-state index contributed by atoms with van der Waals surface area (Å²) >= 11 is 0. The van der Waals surface area contributed by atoms with Crippen LogP contribution >= 0.6 is 0 Å². The van der Waals surface area contributed by atoms with Gasteiger partial charge in [0, 0.05) is 11.6 Å². The molecule has 0 unspecified atom stereocenters. The standard InChI is InChI=1S/C27H28N4O5/c1-3-18(2)29-24(32)17-30-23-9-5-4-8-22(23)26(34)31(27(30)35)16-19-10-12-20(13-11-19)25(33)28-15-21-7-6-14-36-21/h4-14,18H,3,15-17H2,1-2H3,(H,28,33)(H,29,32)/t18-/m0/s1. The fourth-order valence-corrected chi connectivity index (χ4v) is 3.86. The van der Waals surface area contributed by atoms with E-state index in [1.54, 1.807) is 60.7 Å². The molecule has 0 aliphatic carbocycles. The molecule has 36 heavy (non-hydrogen) atoms. The maximum Gasteiger partial charge on any atom is 0.332 e. The number of aromatic nitrogens is 2. The average Bonchev–Trinajstić information content (AvgIpc) is 3.41. The highest BCUT2D eigenvalue weighted by molar-refractivity contribution is 5.94. The second kappa shape index (κ2) is 10.9. The number of fused-ring (bicyclic) bond motifs is 1. The van der Waals surface area contributed by atoms with Crippen LogP contribution < -0.4 is 21.9 Å². The molecule has 0 spiro atoms. The van der Waals surface area contributed by atoms with Gasteiger partial charge in [-0.2, -0.15) is 0 Å². The molecule has 9 heteroatoms. The number of carbonyl (C=O) groups excluding carboxylic acids is 2. The molecule has 0 bridgehead atoms. The van der Waals surface area contributed by atoms with E-state index in [1.807, 2.05) is 13.8 Å². The quantitative estimate of drug-likeness (QED) is 0.376. The van der Waals surface area contributed by atoms with Crippen LogP contribution in [0.1, 0.15) is 41.9 Å². The third-order valence-electron chi connectivity index (χ3n) is 6.01. The monoisotopic (exact) mass is 488 g/mol. The van der Waals surface area contributed by atoms with Gasteiger partial charge in [-0.05, 0) is 55.3 Å². The first-order valence-electron chi connectivity index (χ1n) is 11.8. The minimum Gasteiger partial charge on any atom is -0.467 e. The zero-order chi connectivity index (χ0) is 25.7. The highest BCUT2D eigenvalue weighted by atomic mass is 16.3. The highest BCUT2D eigenvalue weighted by Crippen LogP contribution is 2.10. The SMILES string of the molecule is CC[C@H](C)NC(=O)Cn1c(=O)n(Cc2ccc(C(=O)NCc3ccco3)cc2)c(=O)c2ccccc21. The van der Waals surface area contributed by atoms with Gasteiger partial charge < -0.3 is 15.1 Å². The van der Waals surface area contributed by atoms with Crippen molar-refractivity contribution >= 4 is 22.7 Å². The summed E-state index contributed by atoms with van der Waals surface area (Å²) < 4.78 is 7.65. The van der Waals surface area contributed by atoms with Crippen molar-refractivity contribution in [1.82, 2.24) is 19.8 Å². The minimum atomic E-state index is -0.571. The topological polar surface area (TPSA) is 115 Å². The third kappa shape index (κ3) is 5.46. The van der Waals surface area contributed by atoms with Crippen molar-refractivity contribution in [2.75, 3.05) is 0 Å². The predicted molar refractivity (Wildman–Crippen MR) is 136 cm³/mol. The Morgan fingerprint density at radius 3 is 2.42 bits per heavy atom. The molecule has 9 nitrogen and oxygen atoms in total.